The highest BCUT2D eigenvalue weighted by molar-refractivity contribution is 9.10. The van der Waals surface area contributed by atoms with Gasteiger partial charge in [0.05, 0.1) is 4.47 Å². The molecule has 100 valence electrons. The van der Waals surface area contributed by atoms with E-state index in [9.17, 15) is 4.39 Å². The fourth-order valence-corrected chi connectivity index (χ4v) is 2.26. The molecule has 19 heavy (non-hydrogen) atoms. The molecule has 0 spiro atoms. The van der Waals surface area contributed by atoms with Gasteiger partial charge in [0, 0.05) is 18.2 Å². The number of benzene rings is 2. The molecule has 0 fully saturated rings. The quantitative estimate of drug-likeness (QED) is 0.856. The Morgan fingerprint density at radius 2 is 1.89 bits per heavy atom. The van der Waals surface area contributed by atoms with E-state index in [1.165, 1.54) is 0 Å². The first-order valence-electron chi connectivity index (χ1n) is 6.34. The SMILES string of the molecule is CC(C)NCc1cccc(-c2cccc(Br)c2F)c1. The standard InChI is InChI=1S/C16H17BrFN/c1-11(2)19-10-12-5-3-6-13(9-12)14-7-4-8-15(17)16(14)18/h3-9,11,19H,10H2,1-2H3. The van der Waals surface area contributed by atoms with Gasteiger partial charge in [-0.25, -0.2) is 4.39 Å². The lowest BCUT2D eigenvalue weighted by Crippen LogP contribution is -2.21. The molecule has 0 saturated carbocycles. The zero-order valence-corrected chi connectivity index (χ0v) is 12.7. The van der Waals surface area contributed by atoms with E-state index in [-0.39, 0.29) is 5.82 Å². The maximum atomic E-state index is 14.1. The van der Waals surface area contributed by atoms with E-state index in [4.69, 9.17) is 0 Å². The molecule has 2 aromatic rings. The van der Waals surface area contributed by atoms with Crippen molar-refractivity contribution >= 4 is 15.9 Å². The lowest BCUT2D eigenvalue weighted by molar-refractivity contribution is 0.589. The molecule has 2 aromatic carbocycles. The Kier molecular flexibility index (Phi) is 4.72. The third-order valence-corrected chi connectivity index (χ3v) is 3.52. The molecule has 0 aromatic heterocycles. The summed E-state index contributed by atoms with van der Waals surface area (Å²) >= 11 is 3.22. The highest BCUT2D eigenvalue weighted by Gasteiger charge is 2.08. The lowest BCUT2D eigenvalue weighted by Gasteiger charge is -2.10. The number of halogens is 2. The summed E-state index contributed by atoms with van der Waals surface area (Å²) in [7, 11) is 0. The van der Waals surface area contributed by atoms with Crippen LogP contribution in [0.25, 0.3) is 11.1 Å². The Balaban J connectivity index is 2.30. The Morgan fingerprint density at radius 3 is 2.63 bits per heavy atom. The van der Waals surface area contributed by atoms with Crippen LogP contribution in [0.1, 0.15) is 19.4 Å². The van der Waals surface area contributed by atoms with Crippen molar-refractivity contribution in [3.8, 4) is 11.1 Å². The van der Waals surface area contributed by atoms with E-state index >= 15 is 0 Å². The predicted octanol–water partition coefficient (Wildman–Crippen LogP) is 4.75. The molecule has 0 radical (unpaired) electrons. The summed E-state index contributed by atoms with van der Waals surface area (Å²) in [5.41, 5.74) is 2.69. The van der Waals surface area contributed by atoms with Crippen LogP contribution in [-0.2, 0) is 6.54 Å². The summed E-state index contributed by atoms with van der Waals surface area (Å²) in [6.45, 7) is 5.01. The highest BCUT2D eigenvalue weighted by atomic mass is 79.9. The second-order valence-electron chi connectivity index (χ2n) is 4.84. The first kappa shape index (κ1) is 14.2. The third-order valence-electron chi connectivity index (χ3n) is 2.90. The van der Waals surface area contributed by atoms with Crippen LogP contribution in [0, 0.1) is 5.82 Å². The molecule has 0 amide bonds. The minimum atomic E-state index is -0.212. The fourth-order valence-electron chi connectivity index (χ4n) is 1.90. The van der Waals surface area contributed by atoms with Gasteiger partial charge in [-0.05, 0) is 39.2 Å². The van der Waals surface area contributed by atoms with Crippen LogP contribution in [0.4, 0.5) is 4.39 Å². The van der Waals surface area contributed by atoms with Gasteiger partial charge < -0.3 is 5.32 Å². The van der Waals surface area contributed by atoms with Crippen molar-refractivity contribution in [2.75, 3.05) is 0 Å². The zero-order valence-electron chi connectivity index (χ0n) is 11.1. The van der Waals surface area contributed by atoms with Gasteiger partial charge in [0.2, 0.25) is 0 Å². The molecule has 2 rings (SSSR count). The van der Waals surface area contributed by atoms with Gasteiger partial charge in [0.25, 0.3) is 0 Å². The monoisotopic (exact) mass is 321 g/mol. The van der Waals surface area contributed by atoms with Gasteiger partial charge in [-0.3, -0.25) is 0 Å². The average molecular weight is 322 g/mol. The van der Waals surface area contributed by atoms with E-state index in [2.05, 4.69) is 41.2 Å². The molecule has 0 heterocycles. The molecule has 1 N–H and O–H groups in total. The summed E-state index contributed by atoms with van der Waals surface area (Å²) in [4.78, 5) is 0. The molecule has 0 aliphatic carbocycles. The van der Waals surface area contributed by atoms with Crippen LogP contribution in [0.15, 0.2) is 46.9 Å². The Hall–Kier alpha value is -1.19. The Labute approximate surface area is 122 Å². The minimum absolute atomic E-state index is 0.212. The molecule has 0 atom stereocenters. The molecular weight excluding hydrogens is 305 g/mol. The lowest BCUT2D eigenvalue weighted by atomic mass is 10.0. The van der Waals surface area contributed by atoms with Crippen LogP contribution < -0.4 is 5.32 Å². The molecule has 0 bridgehead atoms. The molecular formula is C16H17BrFN. The van der Waals surface area contributed by atoms with Crippen molar-refractivity contribution in [2.45, 2.75) is 26.4 Å². The maximum Gasteiger partial charge on any atom is 0.145 e. The van der Waals surface area contributed by atoms with Gasteiger partial charge in [0.15, 0.2) is 0 Å². The summed E-state index contributed by atoms with van der Waals surface area (Å²) in [5, 5.41) is 3.36. The normalized spacial score (nSPS) is 11.0. The van der Waals surface area contributed by atoms with Gasteiger partial charge in [-0.15, -0.1) is 0 Å². The highest BCUT2D eigenvalue weighted by Crippen LogP contribution is 2.28. The summed E-state index contributed by atoms with van der Waals surface area (Å²) in [6.07, 6.45) is 0. The van der Waals surface area contributed by atoms with Crippen LogP contribution in [0.5, 0.6) is 0 Å². The van der Waals surface area contributed by atoms with Gasteiger partial charge in [0.1, 0.15) is 5.82 Å². The van der Waals surface area contributed by atoms with Crippen molar-refractivity contribution < 1.29 is 4.39 Å². The van der Waals surface area contributed by atoms with Gasteiger partial charge >= 0.3 is 0 Å². The predicted molar refractivity (Wildman–Crippen MR) is 81.5 cm³/mol. The van der Waals surface area contributed by atoms with E-state index in [1.807, 2.05) is 24.3 Å². The van der Waals surface area contributed by atoms with Crippen molar-refractivity contribution in [1.82, 2.24) is 5.32 Å². The second kappa shape index (κ2) is 6.31. The molecule has 1 nitrogen and oxygen atoms in total. The molecule has 0 aliphatic heterocycles. The van der Waals surface area contributed by atoms with Crippen LogP contribution in [0.2, 0.25) is 0 Å². The smallest absolute Gasteiger partial charge is 0.145 e. The van der Waals surface area contributed by atoms with Gasteiger partial charge in [-0.1, -0.05) is 44.2 Å². The first-order valence-corrected chi connectivity index (χ1v) is 7.14. The molecule has 0 aliphatic rings. The van der Waals surface area contributed by atoms with Crippen molar-refractivity contribution in [2.24, 2.45) is 0 Å². The van der Waals surface area contributed by atoms with E-state index in [0.717, 1.165) is 17.7 Å². The number of rotatable bonds is 4. The summed E-state index contributed by atoms with van der Waals surface area (Å²) < 4.78 is 14.6. The van der Waals surface area contributed by atoms with E-state index < -0.39 is 0 Å². The molecule has 3 heteroatoms. The largest absolute Gasteiger partial charge is 0.310 e. The van der Waals surface area contributed by atoms with Crippen molar-refractivity contribution in [3.05, 3.63) is 58.3 Å². The van der Waals surface area contributed by atoms with Crippen molar-refractivity contribution in [1.29, 1.82) is 0 Å². The topological polar surface area (TPSA) is 12.0 Å². The second-order valence-corrected chi connectivity index (χ2v) is 5.69. The van der Waals surface area contributed by atoms with Crippen LogP contribution in [-0.4, -0.2) is 6.04 Å². The minimum Gasteiger partial charge on any atom is -0.310 e. The average Bonchev–Trinajstić information content (AvgIpc) is 2.40. The maximum absolute atomic E-state index is 14.1. The number of nitrogens with one attached hydrogen (secondary N) is 1. The zero-order chi connectivity index (χ0) is 13.8. The van der Waals surface area contributed by atoms with E-state index in [1.54, 1.807) is 12.1 Å². The van der Waals surface area contributed by atoms with E-state index in [0.29, 0.717) is 16.1 Å². The van der Waals surface area contributed by atoms with Crippen LogP contribution in [0.3, 0.4) is 0 Å². The number of hydrogen-bond acceptors (Lipinski definition) is 1. The molecule has 0 unspecified atom stereocenters. The molecule has 0 saturated heterocycles. The Bertz CT molecular complexity index is 566. The van der Waals surface area contributed by atoms with Gasteiger partial charge in [-0.2, -0.15) is 0 Å². The van der Waals surface area contributed by atoms with Crippen LogP contribution >= 0.6 is 15.9 Å². The number of hydrogen-bond donors (Lipinski definition) is 1. The summed E-state index contributed by atoms with van der Waals surface area (Å²) in [6, 6.07) is 13.8. The first-order chi connectivity index (χ1) is 9.08. The Morgan fingerprint density at radius 1 is 1.16 bits per heavy atom. The fraction of sp³-hybridized carbons (Fsp3) is 0.250. The third kappa shape index (κ3) is 3.64. The summed E-state index contributed by atoms with van der Waals surface area (Å²) in [5.74, 6) is -0.212. The van der Waals surface area contributed by atoms with Crippen molar-refractivity contribution in [3.63, 3.8) is 0 Å².